The lowest BCUT2D eigenvalue weighted by atomic mass is 9.97. The highest BCUT2D eigenvalue weighted by Crippen LogP contribution is 2.19. The molecule has 1 saturated heterocycles. The maximum absolute atomic E-state index is 12.5. The summed E-state index contributed by atoms with van der Waals surface area (Å²) in [6, 6.07) is 9.47. The predicted molar refractivity (Wildman–Crippen MR) is 77.5 cm³/mol. The second kappa shape index (κ2) is 7.29. The van der Waals surface area contributed by atoms with E-state index in [1.807, 2.05) is 42.2 Å². The van der Waals surface area contributed by atoms with Gasteiger partial charge in [-0.05, 0) is 37.3 Å². The largest absolute Gasteiger partial charge is 0.481 e. The molecule has 110 valence electrons. The number of aliphatic hydroxyl groups is 1. The number of carbonyl (C=O) groups is 1. The van der Waals surface area contributed by atoms with Gasteiger partial charge in [-0.15, -0.1) is 0 Å². The van der Waals surface area contributed by atoms with Gasteiger partial charge in [-0.2, -0.15) is 0 Å². The first kappa shape index (κ1) is 14.9. The molecule has 1 heterocycles. The average Bonchev–Trinajstić information content (AvgIpc) is 2.53. The average molecular weight is 277 g/mol. The van der Waals surface area contributed by atoms with Crippen LogP contribution in [-0.4, -0.2) is 41.7 Å². The van der Waals surface area contributed by atoms with Gasteiger partial charge < -0.3 is 14.7 Å². The van der Waals surface area contributed by atoms with Crippen LogP contribution >= 0.6 is 0 Å². The van der Waals surface area contributed by atoms with Crippen molar-refractivity contribution in [3.8, 4) is 5.75 Å². The number of carbonyl (C=O) groups excluding carboxylic acids is 1. The first-order valence-corrected chi connectivity index (χ1v) is 7.36. The van der Waals surface area contributed by atoms with E-state index in [2.05, 4.69) is 0 Å². The third-order valence-electron chi connectivity index (χ3n) is 3.85. The summed E-state index contributed by atoms with van der Waals surface area (Å²) in [5.74, 6) is 1.14. The Hall–Kier alpha value is -1.55. The fourth-order valence-electron chi connectivity index (χ4n) is 2.51. The van der Waals surface area contributed by atoms with Gasteiger partial charge in [-0.25, -0.2) is 0 Å². The summed E-state index contributed by atoms with van der Waals surface area (Å²) in [5.41, 5.74) is 0. The second-order valence-electron chi connectivity index (χ2n) is 5.28. The maximum atomic E-state index is 12.5. The molecule has 1 aromatic carbocycles. The van der Waals surface area contributed by atoms with Crippen LogP contribution in [0.1, 0.15) is 26.2 Å². The SMILES string of the molecule is CCC(Oc1ccccc1)C(=O)N1CCC(CO)CC1. The van der Waals surface area contributed by atoms with Gasteiger partial charge in [0.05, 0.1) is 0 Å². The number of hydrogen-bond donors (Lipinski definition) is 1. The number of benzene rings is 1. The molecule has 0 radical (unpaired) electrons. The summed E-state index contributed by atoms with van der Waals surface area (Å²) < 4.78 is 5.79. The monoisotopic (exact) mass is 277 g/mol. The van der Waals surface area contributed by atoms with Crippen LogP contribution < -0.4 is 4.74 Å². The minimum atomic E-state index is -0.414. The summed E-state index contributed by atoms with van der Waals surface area (Å²) in [5, 5.41) is 9.14. The first-order chi connectivity index (χ1) is 9.74. The number of amides is 1. The van der Waals surface area contributed by atoms with Crippen LogP contribution in [0.2, 0.25) is 0 Å². The number of nitrogens with zero attached hydrogens (tertiary/aromatic N) is 1. The Morgan fingerprint density at radius 2 is 2.00 bits per heavy atom. The van der Waals surface area contributed by atoms with Crippen LogP contribution in [0.5, 0.6) is 5.75 Å². The van der Waals surface area contributed by atoms with Crippen LogP contribution in [-0.2, 0) is 4.79 Å². The Morgan fingerprint density at radius 1 is 1.35 bits per heavy atom. The van der Waals surface area contributed by atoms with E-state index in [1.165, 1.54) is 0 Å². The molecule has 4 heteroatoms. The topological polar surface area (TPSA) is 49.8 Å². The molecule has 4 nitrogen and oxygen atoms in total. The van der Waals surface area contributed by atoms with Crippen molar-refractivity contribution in [2.75, 3.05) is 19.7 Å². The van der Waals surface area contributed by atoms with Crippen molar-refractivity contribution in [2.45, 2.75) is 32.3 Å². The Bertz CT molecular complexity index is 413. The van der Waals surface area contributed by atoms with Crippen LogP contribution in [0.25, 0.3) is 0 Å². The van der Waals surface area contributed by atoms with E-state index in [1.54, 1.807) is 0 Å². The summed E-state index contributed by atoms with van der Waals surface area (Å²) in [6.45, 7) is 3.63. The number of aliphatic hydroxyl groups excluding tert-OH is 1. The second-order valence-corrected chi connectivity index (χ2v) is 5.28. The normalized spacial score (nSPS) is 17.8. The van der Waals surface area contributed by atoms with Gasteiger partial charge in [-0.3, -0.25) is 4.79 Å². The van der Waals surface area contributed by atoms with Gasteiger partial charge in [0.2, 0.25) is 0 Å². The fraction of sp³-hybridized carbons (Fsp3) is 0.562. The molecule has 0 saturated carbocycles. The van der Waals surface area contributed by atoms with Gasteiger partial charge >= 0.3 is 0 Å². The number of ether oxygens (including phenoxy) is 1. The minimum absolute atomic E-state index is 0.0627. The Morgan fingerprint density at radius 3 is 2.55 bits per heavy atom. The third-order valence-corrected chi connectivity index (χ3v) is 3.85. The Balaban J connectivity index is 1.92. The van der Waals surface area contributed by atoms with E-state index in [-0.39, 0.29) is 12.5 Å². The van der Waals surface area contributed by atoms with Crippen molar-refractivity contribution in [1.29, 1.82) is 0 Å². The van der Waals surface area contributed by atoms with E-state index in [0.29, 0.717) is 12.3 Å². The van der Waals surface area contributed by atoms with E-state index in [0.717, 1.165) is 31.7 Å². The molecular formula is C16H23NO3. The zero-order valence-corrected chi connectivity index (χ0v) is 12.0. The minimum Gasteiger partial charge on any atom is -0.481 e. The first-order valence-electron chi connectivity index (χ1n) is 7.36. The molecule has 1 N–H and O–H groups in total. The summed E-state index contributed by atoms with van der Waals surface area (Å²) in [6.07, 6.45) is 2.00. The quantitative estimate of drug-likeness (QED) is 0.896. The number of hydrogen-bond acceptors (Lipinski definition) is 3. The molecule has 1 fully saturated rings. The van der Waals surface area contributed by atoms with Gasteiger partial charge in [0, 0.05) is 19.7 Å². The summed E-state index contributed by atoms with van der Waals surface area (Å²) in [4.78, 5) is 14.3. The molecule has 1 unspecified atom stereocenters. The highest BCUT2D eigenvalue weighted by atomic mass is 16.5. The highest BCUT2D eigenvalue weighted by molar-refractivity contribution is 5.81. The number of piperidine rings is 1. The molecule has 0 spiro atoms. The number of likely N-dealkylation sites (tertiary alicyclic amines) is 1. The molecule has 20 heavy (non-hydrogen) atoms. The molecule has 1 amide bonds. The molecule has 0 aliphatic carbocycles. The van der Waals surface area contributed by atoms with Gasteiger partial charge in [0.25, 0.3) is 5.91 Å². The third kappa shape index (κ3) is 3.73. The smallest absolute Gasteiger partial charge is 0.263 e. The Kier molecular flexibility index (Phi) is 5.41. The molecular weight excluding hydrogens is 254 g/mol. The fourth-order valence-corrected chi connectivity index (χ4v) is 2.51. The molecule has 1 aliphatic rings. The zero-order valence-electron chi connectivity index (χ0n) is 12.0. The van der Waals surface area contributed by atoms with Crippen LogP contribution in [0.4, 0.5) is 0 Å². The van der Waals surface area contributed by atoms with E-state index in [4.69, 9.17) is 9.84 Å². The molecule has 1 aromatic rings. The van der Waals surface area contributed by atoms with Crippen molar-refractivity contribution >= 4 is 5.91 Å². The lowest BCUT2D eigenvalue weighted by Crippen LogP contribution is -2.46. The van der Waals surface area contributed by atoms with Crippen molar-refractivity contribution in [3.63, 3.8) is 0 Å². The Labute approximate surface area is 120 Å². The molecule has 0 bridgehead atoms. The molecule has 2 rings (SSSR count). The van der Waals surface area contributed by atoms with Crippen molar-refractivity contribution in [1.82, 2.24) is 4.90 Å². The standard InChI is InChI=1S/C16H23NO3/c1-2-15(20-14-6-4-3-5-7-14)16(19)17-10-8-13(12-18)9-11-17/h3-7,13,15,18H,2,8-12H2,1H3. The molecule has 0 aromatic heterocycles. The lowest BCUT2D eigenvalue weighted by Gasteiger charge is -2.33. The zero-order chi connectivity index (χ0) is 14.4. The van der Waals surface area contributed by atoms with Gasteiger partial charge in [-0.1, -0.05) is 25.1 Å². The number of para-hydroxylation sites is 1. The van der Waals surface area contributed by atoms with E-state index >= 15 is 0 Å². The van der Waals surface area contributed by atoms with Crippen LogP contribution in [0, 0.1) is 5.92 Å². The van der Waals surface area contributed by atoms with E-state index in [9.17, 15) is 4.79 Å². The van der Waals surface area contributed by atoms with Crippen molar-refractivity contribution < 1.29 is 14.6 Å². The van der Waals surface area contributed by atoms with Crippen LogP contribution in [0.15, 0.2) is 30.3 Å². The predicted octanol–water partition coefficient (Wildman–Crippen LogP) is 2.07. The maximum Gasteiger partial charge on any atom is 0.263 e. The lowest BCUT2D eigenvalue weighted by molar-refractivity contribution is -0.140. The van der Waals surface area contributed by atoms with E-state index < -0.39 is 6.10 Å². The van der Waals surface area contributed by atoms with Crippen molar-refractivity contribution in [2.24, 2.45) is 5.92 Å². The number of rotatable bonds is 5. The van der Waals surface area contributed by atoms with Crippen LogP contribution in [0.3, 0.4) is 0 Å². The summed E-state index contributed by atoms with van der Waals surface area (Å²) in [7, 11) is 0. The van der Waals surface area contributed by atoms with Gasteiger partial charge in [0.15, 0.2) is 6.10 Å². The summed E-state index contributed by atoms with van der Waals surface area (Å²) >= 11 is 0. The highest BCUT2D eigenvalue weighted by Gasteiger charge is 2.28. The molecule has 1 aliphatic heterocycles. The van der Waals surface area contributed by atoms with Gasteiger partial charge in [0.1, 0.15) is 5.75 Å². The molecule has 1 atom stereocenters. The van der Waals surface area contributed by atoms with Crippen molar-refractivity contribution in [3.05, 3.63) is 30.3 Å².